The van der Waals surface area contributed by atoms with Gasteiger partial charge in [-0.15, -0.1) is 0 Å². The maximum Gasteiger partial charge on any atom is 0.224 e. The van der Waals surface area contributed by atoms with Crippen LogP contribution in [0.4, 0.5) is 5.82 Å². The second-order valence-electron chi connectivity index (χ2n) is 3.87. The van der Waals surface area contributed by atoms with Gasteiger partial charge in [0.25, 0.3) is 0 Å². The van der Waals surface area contributed by atoms with Gasteiger partial charge in [0, 0.05) is 5.54 Å². The molecule has 0 spiro atoms. The third-order valence-corrected chi connectivity index (χ3v) is 3.05. The van der Waals surface area contributed by atoms with Crippen molar-refractivity contribution < 1.29 is 0 Å². The zero-order valence-corrected chi connectivity index (χ0v) is 9.36. The molecule has 0 radical (unpaired) electrons. The van der Waals surface area contributed by atoms with E-state index in [0.29, 0.717) is 10.8 Å². The van der Waals surface area contributed by atoms with E-state index in [0.717, 1.165) is 12.8 Å². The minimum absolute atomic E-state index is 0.126. The van der Waals surface area contributed by atoms with Crippen molar-refractivity contribution >= 4 is 29.0 Å². The van der Waals surface area contributed by atoms with Crippen molar-refractivity contribution in [3.8, 4) is 0 Å². The largest absolute Gasteiger partial charge is 0.364 e. The van der Waals surface area contributed by atoms with Crippen LogP contribution in [0.2, 0.25) is 10.3 Å². The van der Waals surface area contributed by atoms with Crippen LogP contribution in [0.5, 0.6) is 0 Å². The lowest BCUT2D eigenvalue weighted by Crippen LogP contribution is -2.42. The minimum atomic E-state index is 0.126. The Morgan fingerprint density at radius 3 is 2.71 bits per heavy atom. The van der Waals surface area contributed by atoms with Crippen molar-refractivity contribution in [2.24, 2.45) is 0 Å². The molecule has 1 N–H and O–H groups in total. The molecule has 0 aromatic carbocycles. The van der Waals surface area contributed by atoms with E-state index in [9.17, 15) is 0 Å². The summed E-state index contributed by atoms with van der Waals surface area (Å²) in [6.07, 6.45) is 5.05. The molecule has 0 unspecified atom stereocenters. The Kier molecular flexibility index (Phi) is 2.54. The van der Waals surface area contributed by atoms with Gasteiger partial charge in [-0.2, -0.15) is 4.98 Å². The van der Waals surface area contributed by atoms with Gasteiger partial charge >= 0.3 is 0 Å². The van der Waals surface area contributed by atoms with Gasteiger partial charge in [-0.05, 0) is 37.8 Å². The lowest BCUT2D eigenvalue weighted by Gasteiger charge is -2.39. The zero-order valence-electron chi connectivity index (χ0n) is 7.85. The van der Waals surface area contributed by atoms with Gasteiger partial charge in [-0.3, -0.25) is 0 Å². The van der Waals surface area contributed by atoms with Crippen molar-refractivity contribution in [2.45, 2.75) is 31.7 Å². The first-order chi connectivity index (χ1) is 6.59. The van der Waals surface area contributed by atoms with Gasteiger partial charge in [0.15, 0.2) is 0 Å². The highest BCUT2D eigenvalue weighted by Crippen LogP contribution is 2.35. The van der Waals surface area contributed by atoms with Gasteiger partial charge in [0.05, 0.1) is 6.20 Å². The van der Waals surface area contributed by atoms with E-state index in [2.05, 4.69) is 22.2 Å². The van der Waals surface area contributed by atoms with Gasteiger partial charge < -0.3 is 5.32 Å². The van der Waals surface area contributed by atoms with Crippen molar-refractivity contribution in [1.29, 1.82) is 0 Å². The summed E-state index contributed by atoms with van der Waals surface area (Å²) in [7, 11) is 0. The number of rotatable bonds is 2. The standard InChI is InChI=1S/C9H11Cl2N3/c1-9(3-2-4-9)14-7-6(10)5-12-8(11)13-7/h5H,2-4H2,1H3,(H,12,13,14). The summed E-state index contributed by atoms with van der Waals surface area (Å²) in [6, 6.07) is 0. The smallest absolute Gasteiger partial charge is 0.224 e. The third kappa shape index (κ3) is 1.93. The first kappa shape index (κ1) is 9.99. The second-order valence-corrected chi connectivity index (χ2v) is 4.62. The number of hydrogen-bond acceptors (Lipinski definition) is 3. The van der Waals surface area contributed by atoms with Crippen LogP contribution < -0.4 is 5.32 Å². The van der Waals surface area contributed by atoms with Crippen LogP contribution in [-0.4, -0.2) is 15.5 Å². The van der Waals surface area contributed by atoms with E-state index >= 15 is 0 Å². The number of anilines is 1. The molecule has 1 aliphatic rings. The molecule has 1 saturated carbocycles. The first-order valence-electron chi connectivity index (χ1n) is 4.55. The van der Waals surface area contributed by atoms with Crippen molar-refractivity contribution in [1.82, 2.24) is 9.97 Å². The summed E-state index contributed by atoms with van der Waals surface area (Å²) in [5.74, 6) is 0.633. The Bertz CT molecular complexity index is 350. The van der Waals surface area contributed by atoms with Gasteiger partial charge in [0.1, 0.15) is 10.8 Å². The van der Waals surface area contributed by atoms with Crippen LogP contribution in [-0.2, 0) is 0 Å². The van der Waals surface area contributed by atoms with Crippen LogP contribution in [0.3, 0.4) is 0 Å². The molecule has 3 nitrogen and oxygen atoms in total. The van der Waals surface area contributed by atoms with Gasteiger partial charge in [0.2, 0.25) is 5.28 Å². The predicted octanol–water partition coefficient (Wildman–Crippen LogP) is 3.14. The molecule has 76 valence electrons. The Hall–Kier alpha value is -0.540. The molecule has 2 rings (SSSR count). The maximum atomic E-state index is 5.94. The quantitative estimate of drug-likeness (QED) is 0.796. The molecule has 0 saturated heterocycles. The number of aromatic nitrogens is 2. The molecule has 1 heterocycles. The van der Waals surface area contributed by atoms with Crippen LogP contribution in [0.15, 0.2) is 6.20 Å². The molecule has 0 aliphatic heterocycles. The van der Waals surface area contributed by atoms with Gasteiger partial charge in [-0.1, -0.05) is 11.6 Å². The molecule has 1 aromatic heterocycles. The number of nitrogens with one attached hydrogen (secondary N) is 1. The Balaban J connectivity index is 2.19. The number of hydrogen-bond donors (Lipinski definition) is 1. The van der Waals surface area contributed by atoms with E-state index in [-0.39, 0.29) is 10.8 Å². The van der Waals surface area contributed by atoms with Crippen LogP contribution in [0.1, 0.15) is 26.2 Å². The Labute approximate surface area is 92.8 Å². The second kappa shape index (κ2) is 3.55. The van der Waals surface area contributed by atoms with E-state index in [4.69, 9.17) is 23.2 Å². The monoisotopic (exact) mass is 231 g/mol. The topological polar surface area (TPSA) is 37.8 Å². The molecule has 0 bridgehead atoms. The molecule has 1 fully saturated rings. The molecule has 1 aromatic rings. The maximum absolute atomic E-state index is 5.94. The summed E-state index contributed by atoms with van der Waals surface area (Å²) in [6.45, 7) is 2.16. The summed E-state index contributed by atoms with van der Waals surface area (Å²) < 4.78 is 0. The Morgan fingerprint density at radius 1 is 1.43 bits per heavy atom. The van der Waals surface area contributed by atoms with E-state index in [1.807, 2.05) is 0 Å². The molecular weight excluding hydrogens is 221 g/mol. The first-order valence-corrected chi connectivity index (χ1v) is 5.31. The Morgan fingerprint density at radius 2 is 2.14 bits per heavy atom. The summed E-state index contributed by atoms with van der Waals surface area (Å²) in [5, 5.41) is 4.03. The highest BCUT2D eigenvalue weighted by atomic mass is 35.5. The van der Waals surface area contributed by atoms with Crippen molar-refractivity contribution in [3.63, 3.8) is 0 Å². The molecule has 5 heteroatoms. The number of nitrogens with zero attached hydrogens (tertiary/aromatic N) is 2. The molecular formula is C9H11Cl2N3. The zero-order chi connectivity index (χ0) is 10.2. The highest BCUT2D eigenvalue weighted by Gasteiger charge is 2.32. The normalized spacial score (nSPS) is 18.8. The SMILES string of the molecule is CC1(Nc2nc(Cl)ncc2Cl)CCC1. The van der Waals surface area contributed by atoms with Crippen LogP contribution in [0, 0.1) is 0 Å². The van der Waals surface area contributed by atoms with Crippen molar-refractivity contribution in [2.75, 3.05) is 5.32 Å². The summed E-state index contributed by atoms with van der Waals surface area (Å²) in [5.41, 5.74) is 0.126. The van der Waals surface area contributed by atoms with E-state index < -0.39 is 0 Å². The fourth-order valence-corrected chi connectivity index (χ4v) is 1.82. The molecule has 0 amide bonds. The average molecular weight is 232 g/mol. The average Bonchev–Trinajstić information content (AvgIpc) is 2.09. The molecule has 14 heavy (non-hydrogen) atoms. The summed E-state index contributed by atoms with van der Waals surface area (Å²) >= 11 is 11.6. The van der Waals surface area contributed by atoms with E-state index in [1.54, 1.807) is 0 Å². The highest BCUT2D eigenvalue weighted by molar-refractivity contribution is 6.33. The molecule has 0 atom stereocenters. The third-order valence-electron chi connectivity index (χ3n) is 2.59. The predicted molar refractivity (Wildman–Crippen MR) is 57.9 cm³/mol. The van der Waals surface area contributed by atoms with Crippen LogP contribution in [0.25, 0.3) is 0 Å². The lowest BCUT2D eigenvalue weighted by atomic mass is 9.78. The van der Waals surface area contributed by atoms with E-state index in [1.165, 1.54) is 12.6 Å². The minimum Gasteiger partial charge on any atom is -0.364 e. The fourth-order valence-electron chi connectivity index (χ4n) is 1.55. The van der Waals surface area contributed by atoms with Gasteiger partial charge in [-0.25, -0.2) is 4.98 Å². The lowest BCUT2D eigenvalue weighted by molar-refractivity contribution is 0.306. The molecule has 1 aliphatic carbocycles. The van der Waals surface area contributed by atoms with Crippen molar-refractivity contribution in [3.05, 3.63) is 16.5 Å². The van der Waals surface area contributed by atoms with Crippen LogP contribution >= 0.6 is 23.2 Å². The fraction of sp³-hybridized carbons (Fsp3) is 0.556. The summed E-state index contributed by atoms with van der Waals surface area (Å²) in [4.78, 5) is 7.85. The number of halogens is 2.